The molecule has 0 amide bonds. The van der Waals surface area contributed by atoms with Crippen molar-refractivity contribution in [3.05, 3.63) is 78.6 Å². The Labute approximate surface area is 173 Å². The zero-order chi connectivity index (χ0) is 20.6. The molecule has 29 heavy (non-hydrogen) atoms. The molecule has 0 aliphatic rings. The van der Waals surface area contributed by atoms with Gasteiger partial charge in [-0.2, -0.15) is 0 Å². The normalized spacial score (nSPS) is 11.9. The van der Waals surface area contributed by atoms with E-state index in [1.165, 1.54) is 16.7 Å². The molecule has 0 N–H and O–H groups in total. The van der Waals surface area contributed by atoms with E-state index in [9.17, 15) is 0 Å². The first-order valence-corrected chi connectivity index (χ1v) is 10.2. The van der Waals surface area contributed by atoms with Crippen molar-refractivity contribution in [3.63, 3.8) is 0 Å². The summed E-state index contributed by atoms with van der Waals surface area (Å²) in [6, 6.07) is 21.3. The molecule has 3 nitrogen and oxygen atoms in total. The average Bonchev–Trinajstić information content (AvgIpc) is 3.11. The minimum Gasteiger partial charge on any atom is -0.491 e. The molecule has 0 bridgehead atoms. The number of imidazole rings is 1. The van der Waals surface area contributed by atoms with Crippen molar-refractivity contribution in [2.45, 2.75) is 46.1 Å². The Bertz CT molecular complexity index is 1110. The quantitative estimate of drug-likeness (QED) is 0.389. The molecule has 3 heteroatoms. The number of fused-ring (bicyclic) bond motifs is 1. The lowest BCUT2D eigenvalue weighted by atomic mass is 9.86. The average molecular weight is 385 g/mol. The molecule has 0 aliphatic heterocycles. The molecular weight excluding hydrogens is 356 g/mol. The van der Waals surface area contributed by atoms with Crippen LogP contribution in [0.3, 0.4) is 0 Å². The molecule has 148 valence electrons. The van der Waals surface area contributed by atoms with Crippen LogP contribution in [0, 0.1) is 0 Å². The van der Waals surface area contributed by atoms with E-state index in [1.807, 2.05) is 32.2 Å². The van der Waals surface area contributed by atoms with Crippen molar-refractivity contribution in [3.8, 4) is 28.1 Å². The number of benzene rings is 2. The lowest BCUT2D eigenvalue weighted by Crippen LogP contribution is -2.10. The maximum absolute atomic E-state index is 5.76. The first-order valence-electron chi connectivity index (χ1n) is 10.2. The molecule has 2 heterocycles. The summed E-state index contributed by atoms with van der Waals surface area (Å²) >= 11 is 0. The Morgan fingerprint density at radius 2 is 1.41 bits per heavy atom. The van der Waals surface area contributed by atoms with Gasteiger partial charge >= 0.3 is 0 Å². The third-order valence-electron chi connectivity index (χ3n) is 5.11. The van der Waals surface area contributed by atoms with Crippen molar-refractivity contribution < 1.29 is 4.74 Å². The molecule has 0 fully saturated rings. The smallest absolute Gasteiger partial charge is 0.137 e. The van der Waals surface area contributed by atoms with Gasteiger partial charge in [-0.1, -0.05) is 45.0 Å². The van der Waals surface area contributed by atoms with E-state index in [4.69, 9.17) is 4.74 Å². The fourth-order valence-corrected chi connectivity index (χ4v) is 3.50. The van der Waals surface area contributed by atoms with Crippen LogP contribution >= 0.6 is 0 Å². The fraction of sp³-hybridized carbons (Fsp3) is 0.269. The molecule has 4 rings (SSSR count). The number of hydrogen-bond donors (Lipinski definition) is 0. The minimum absolute atomic E-state index is 0.158. The molecule has 0 radical (unpaired) electrons. The summed E-state index contributed by atoms with van der Waals surface area (Å²) in [5.74, 6) is 0.886. The summed E-state index contributed by atoms with van der Waals surface area (Å²) in [7, 11) is 0. The van der Waals surface area contributed by atoms with Crippen LogP contribution in [-0.4, -0.2) is 15.5 Å². The summed E-state index contributed by atoms with van der Waals surface area (Å²) in [5, 5.41) is 0. The van der Waals surface area contributed by atoms with E-state index in [1.54, 1.807) is 0 Å². The maximum Gasteiger partial charge on any atom is 0.137 e. The lowest BCUT2D eigenvalue weighted by Gasteiger charge is -2.19. The molecular formula is C26H28N2O. The highest BCUT2D eigenvalue weighted by Crippen LogP contribution is 2.29. The molecule has 0 atom stereocenters. The molecule has 2 aromatic heterocycles. The highest BCUT2D eigenvalue weighted by atomic mass is 16.5. The highest BCUT2D eigenvalue weighted by Gasteiger charge is 2.13. The van der Waals surface area contributed by atoms with Crippen molar-refractivity contribution in [2.24, 2.45) is 0 Å². The van der Waals surface area contributed by atoms with Crippen molar-refractivity contribution >= 4 is 5.65 Å². The standard InChI is InChI=1S/C26H28N2O/c1-18(2)29-23-13-8-20(9-14-23)24-16-27-25-15-10-21(17-28(24)25)19-6-11-22(12-7-19)26(3,4)5/h6-18H,1-5H3. The number of ether oxygens (including phenoxy) is 1. The summed E-state index contributed by atoms with van der Waals surface area (Å²) < 4.78 is 7.92. The van der Waals surface area contributed by atoms with Gasteiger partial charge < -0.3 is 4.74 Å². The van der Waals surface area contributed by atoms with Crippen molar-refractivity contribution in [1.29, 1.82) is 0 Å². The van der Waals surface area contributed by atoms with Gasteiger partial charge in [-0.15, -0.1) is 0 Å². The number of nitrogens with zero attached hydrogens (tertiary/aromatic N) is 2. The monoisotopic (exact) mass is 384 g/mol. The molecule has 2 aromatic carbocycles. The van der Waals surface area contributed by atoms with Gasteiger partial charge in [-0.05, 0) is 72.4 Å². The lowest BCUT2D eigenvalue weighted by molar-refractivity contribution is 0.242. The Hall–Kier alpha value is -3.07. The van der Waals surface area contributed by atoms with E-state index in [2.05, 4.69) is 84.9 Å². The Balaban J connectivity index is 1.69. The zero-order valence-corrected chi connectivity index (χ0v) is 17.8. The molecule has 0 unspecified atom stereocenters. The second-order valence-corrected chi connectivity index (χ2v) is 8.81. The Kier molecular flexibility index (Phi) is 4.91. The number of hydrogen-bond acceptors (Lipinski definition) is 2. The van der Waals surface area contributed by atoms with Crippen LogP contribution in [0.25, 0.3) is 28.0 Å². The topological polar surface area (TPSA) is 26.5 Å². The maximum atomic E-state index is 5.76. The van der Waals surface area contributed by atoms with Gasteiger partial charge in [0.25, 0.3) is 0 Å². The third kappa shape index (κ3) is 4.04. The Morgan fingerprint density at radius 3 is 2.03 bits per heavy atom. The van der Waals surface area contributed by atoms with Crippen LogP contribution in [0.1, 0.15) is 40.2 Å². The zero-order valence-electron chi connectivity index (χ0n) is 17.8. The van der Waals surface area contributed by atoms with Crippen LogP contribution in [0.2, 0.25) is 0 Å². The van der Waals surface area contributed by atoms with E-state index in [-0.39, 0.29) is 11.5 Å². The van der Waals surface area contributed by atoms with Crippen LogP contribution < -0.4 is 4.74 Å². The Morgan fingerprint density at radius 1 is 0.793 bits per heavy atom. The van der Waals surface area contributed by atoms with Crippen molar-refractivity contribution in [1.82, 2.24) is 9.38 Å². The molecule has 0 saturated carbocycles. The summed E-state index contributed by atoms with van der Waals surface area (Å²) in [6.07, 6.45) is 4.27. The SMILES string of the molecule is CC(C)Oc1ccc(-c2cnc3ccc(-c4ccc(C(C)(C)C)cc4)cn23)cc1. The van der Waals surface area contributed by atoms with Gasteiger partial charge in [0.1, 0.15) is 11.4 Å². The largest absolute Gasteiger partial charge is 0.491 e. The van der Waals surface area contributed by atoms with Crippen LogP contribution in [-0.2, 0) is 5.41 Å². The van der Waals surface area contributed by atoms with E-state index in [0.717, 1.165) is 22.7 Å². The molecule has 0 saturated heterocycles. The van der Waals surface area contributed by atoms with Gasteiger partial charge in [0, 0.05) is 11.8 Å². The van der Waals surface area contributed by atoms with Gasteiger partial charge in [0.15, 0.2) is 0 Å². The van der Waals surface area contributed by atoms with Crippen LogP contribution in [0.5, 0.6) is 5.75 Å². The highest BCUT2D eigenvalue weighted by molar-refractivity contribution is 5.69. The molecule has 4 aromatic rings. The predicted octanol–water partition coefficient (Wildman–Crippen LogP) is 6.75. The van der Waals surface area contributed by atoms with Crippen LogP contribution in [0.4, 0.5) is 0 Å². The third-order valence-corrected chi connectivity index (χ3v) is 5.11. The first-order chi connectivity index (χ1) is 13.8. The molecule has 0 spiro atoms. The number of aromatic nitrogens is 2. The van der Waals surface area contributed by atoms with Gasteiger partial charge in [-0.25, -0.2) is 4.98 Å². The minimum atomic E-state index is 0.158. The second kappa shape index (κ2) is 7.40. The van der Waals surface area contributed by atoms with E-state index in [0.29, 0.717) is 0 Å². The number of rotatable bonds is 4. The van der Waals surface area contributed by atoms with Gasteiger partial charge in [0.05, 0.1) is 18.0 Å². The second-order valence-electron chi connectivity index (χ2n) is 8.81. The summed E-state index contributed by atoms with van der Waals surface area (Å²) in [6.45, 7) is 10.8. The van der Waals surface area contributed by atoms with E-state index < -0.39 is 0 Å². The van der Waals surface area contributed by atoms with Crippen LogP contribution in [0.15, 0.2) is 73.1 Å². The summed E-state index contributed by atoms with van der Waals surface area (Å²) in [5.41, 5.74) is 7.02. The predicted molar refractivity (Wildman–Crippen MR) is 121 cm³/mol. The van der Waals surface area contributed by atoms with E-state index >= 15 is 0 Å². The van der Waals surface area contributed by atoms with Crippen molar-refractivity contribution in [2.75, 3.05) is 0 Å². The van der Waals surface area contributed by atoms with Gasteiger partial charge in [-0.3, -0.25) is 4.40 Å². The number of pyridine rings is 1. The summed E-state index contributed by atoms with van der Waals surface area (Å²) in [4.78, 5) is 4.58. The first kappa shape index (κ1) is 19.3. The molecule has 0 aliphatic carbocycles. The van der Waals surface area contributed by atoms with Gasteiger partial charge in [0.2, 0.25) is 0 Å². The fourth-order valence-electron chi connectivity index (χ4n) is 3.50.